The lowest BCUT2D eigenvalue weighted by Gasteiger charge is -2.32. The van der Waals surface area contributed by atoms with Crippen molar-refractivity contribution >= 4 is 29.2 Å². The number of benzene rings is 2. The molecule has 0 saturated heterocycles. The van der Waals surface area contributed by atoms with E-state index in [1.165, 1.54) is 0 Å². The van der Waals surface area contributed by atoms with Crippen molar-refractivity contribution in [2.45, 2.75) is 17.1 Å². The first-order chi connectivity index (χ1) is 11.6. The summed E-state index contributed by atoms with van der Waals surface area (Å²) in [7, 11) is 3.16. The number of hydrogen-bond acceptors (Lipinski definition) is 4. The van der Waals surface area contributed by atoms with E-state index < -0.39 is 0 Å². The van der Waals surface area contributed by atoms with Gasteiger partial charge >= 0.3 is 6.03 Å². The molecule has 2 amide bonds. The third-order valence-electron chi connectivity index (χ3n) is 3.82. The summed E-state index contributed by atoms with van der Waals surface area (Å²) in [4.78, 5) is 15.7. The maximum atomic E-state index is 12.8. The molecule has 3 rings (SSSR count). The fourth-order valence-corrected chi connectivity index (χ4v) is 3.78. The Balaban J connectivity index is 1.86. The SMILES string of the molecule is COc1ccc(NC(=O)N2CC(C)Sc3ccccc32)c(OC)c1. The molecule has 126 valence electrons. The average molecular weight is 344 g/mol. The molecule has 2 aromatic rings. The molecule has 1 heterocycles. The zero-order valence-corrected chi connectivity index (χ0v) is 14.7. The van der Waals surface area contributed by atoms with Crippen molar-refractivity contribution in [3.05, 3.63) is 42.5 Å². The Morgan fingerprint density at radius 3 is 2.75 bits per heavy atom. The fourth-order valence-electron chi connectivity index (χ4n) is 2.67. The van der Waals surface area contributed by atoms with E-state index in [4.69, 9.17) is 9.47 Å². The second-order valence-corrected chi connectivity index (χ2v) is 6.98. The van der Waals surface area contributed by atoms with Gasteiger partial charge in [-0.25, -0.2) is 4.79 Å². The zero-order chi connectivity index (χ0) is 17.1. The minimum absolute atomic E-state index is 0.168. The highest BCUT2D eigenvalue weighted by molar-refractivity contribution is 8.00. The number of thioether (sulfide) groups is 1. The number of anilines is 2. The second kappa shape index (κ2) is 7.05. The van der Waals surface area contributed by atoms with Gasteiger partial charge in [0.25, 0.3) is 0 Å². The summed E-state index contributed by atoms with van der Waals surface area (Å²) >= 11 is 1.79. The zero-order valence-electron chi connectivity index (χ0n) is 13.9. The molecule has 1 aliphatic heterocycles. The standard InChI is InChI=1S/C18H20N2O3S/c1-12-11-20(15-6-4-5-7-17(15)24-12)18(21)19-14-9-8-13(22-2)10-16(14)23-3/h4-10,12H,11H2,1-3H3,(H,19,21). The summed E-state index contributed by atoms with van der Waals surface area (Å²) in [6, 6.07) is 13.1. The lowest BCUT2D eigenvalue weighted by molar-refractivity contribution is 0.256. The summed E-state index contributed by atoms with van der Waals surface area (Å²) in [6.07, 6.45) is 0. The molecule has 1 atom stereocenters. The highest BCUT2D eigenvalue weighted by atomic mass is 32.2. The Hall–Kier alpha value is -2.34. The number of methoxy groups -OCH3 is 2. The van der Waals surface area contributed by atoms with E-state index in [-0.39, 0.29) is 6.03 Å². The Kier molecular flexibility index (Phi) is 4.85. The molecule has 0 spiro atoms. The molecule has 0 fully saturated rings. The maximum absolute atomic E-state index is 12.8. The van der Waals surface area contributed by atoms with Crippen molar-refractivity contribution in [3.63, 3.8) is 0 Å². The molecular formula is C18H20N2O3S. The van der Waals surface area contributed by atoms with Gasteiger partial charge in [0.2, 0.25) is 0 Å². The molecule has 0 radical (unpaired) electrons. The van der Waals surface area contributed by atoms with Crippen LogP contribution in [0, 0.1) is 0 Å². The molecule has 0 bridgehead atoms. The molecule has 1 N–H and O–H groups in total. The van der Waals surface area contributed by atoms with Gasteiger partial charge in [0.15, 0.2) is 0 Å². The van der Waals surface area contributed by atoms with Gasteiger partial charge < -0.3 is 14.8 Å². The number of urea groups is 1. The van der Waals surface area contributed by atoms with Gasteiger partial charge in [-0.05, 0) is 24.3 Å². The van der Waals surface area contributed by atoms with Crippen molar-refractivity contribution in [2.24, 2.45) is 0 Å². The molecule has 1 unspecified atom stereocenters. The topological polar surface area (TPSA) is 50.8 Å². The third-order valence-corrected chi connectivity index (χ3v) is 4.97. The minimum atomic E-state index is -0.168. The van der Waals surface area contributed by atoms with Crippen molar-refractivity contribution in [1.29, 1.82) is 0 Å². The van der Waals surface area contributed by atoms with Gasteiger partial charge in [0.1, 0.15) is 11.5 Å². The summed E-state index contributed by atoms with van der Waals surface area (Å²) < 4.78 is 10.5. The maximum Gasteiger partial charge on any atom is 0.326 e. The molecular weight excluding hydrogens is 324 g/mol. The number of nitrogens with zero attached hydrogens (tertiary/aromatic N) is 1. The molecule has 1 aliphatic rings. The van der Waals surface area contributed by atoms with Crippen LogP contribution in [0.1, 0.15) is 6.92 Å². The number of amides is 2. The predicted molar refractivity (Wildman–Crippen MR) is 97.7 cm³/mol. The highest BCUT2D eigenvalue weighted by Gasteiger charge is 2.27. The second-order valence-electron chi connectivity index (χ2n) is 5.50. The van der Waals surface area contributed by atoms with Crippen LogP contribution in [-0.4, -0.2) is 32.0 Å². The van der Waals surface area contributed by atoms with Crippen LogP contribution >= 0.6 is 11.8 Å². The number of hydrogen-bond donors (Lipinski definition) is 1. The Labute approximate surface area is 145 Å². The lowest BCUT2D eigenvalue weighted by Crippen LogP contribution is -2.41. The van der Waals surface area contributed by atoms with E-state index in [0.29, 0.717) is 29.0 Å². The van der Waals surface area contributed by atoms with E-state index in [2.05, 4.69) is 12.2 Å². The van der Waals surface area contributed by atoms with E-state index in [1.54, 1.807) is 49.1 Å². The van der Waals surface area contributed by atoms with Crippen LogP contribution in [0.15, 0.2) is 47.4 Å². The molecule has 0 saturated carbocycles. The van der Waals surface area contributed by atoms with Crippen LogP contribution in [0.4, 0.5) is 16.2 Å². The molecule has 0 aliphatic carbocycles. The number of nitrogens with one attached hydrogen (secondary N) is 1. The van der Waals surface area contributed by atoms with Gasteiger partial charge in [-0.3, -0.25) is 4.90 Å². The summed E-state index contributed by atoms with van der Waals surface area (Å²) in [5.74, 6) is 1.24. The first-order valence-corrected chi connectivity index (χ1v) is 8.56. The van der Waals surface area contributed by atoms with Crippen LogP contribution in [0.25, 0.3) is 0 Å². The predicted octanol–water partition coefficient (Wildman–Crippen LogP) is 4.24. The Morgan fingerprint density at radius 2 is 2.00 bits per heavy atom. The van der Waals surface area contributed by atoms with Crippen LogP contribution in [0.2, 0.25) is 0 Å². The lowest BCUT2D eigenvalue weighted by atomic mass is 10.2. The van der Waals surface area contributed by atoms with Crippen LogP contribution in [-0.2, 0) is 0 Å². The first-order valence-electron chi connectivity index (χ1n) is 7.68. The van der Waals surface area contributed by atoms with Gasteiger partial charge in [-0.15, -0.1) is 11.8 Å². The summed E-state index contributed by atoms with van der Waals surface area (Å²) in [6.45, 7) is 2.78. The van der Waals surface area contributed by atoms with Crippen LogP contribution in [0.5, 0.6) is 11.5 Å². The number of rotatable bonds is 3. The van der Waals surface area contributed by atoms with Crippen LogP contribution in [0.3, 0.4) is 0 Å². The van der Waals surface area contributed by atoms with E-state index in [9.17, 15) is 4.79 Å². The Bertz CT molecular complexity index is 751. The normalized spacial score (nSPS) is 16.3. The quantitative estimate of drug-likeness (QED) is 0.905. The van der Waals surface area contributed by atoms with Crippen molar-refractivity contribution < 1.29 is 14.3 Å². The molecule has 0 aromatic heterocycles. The number of ether oxygens (including phenoxy) is 2. The molecule has 6 heteroatoms. The van der Waals surface area contributed by atoms with E-state index >= 15 is 0 Å². The van der Waals surface area contributed by atoms with Gasteiger partial charge in [-0.2, -0.15) is 0 Å². The van der Waals surface area contributed by atoms with E-state index in [0.717, 1.165) is 10.6 Å². The molecule has 5 nitrogen and oxygen atoms in total. The van der Waals surface area contributed by atoms with Gasteiger partial charge in [-0.1, -0.05) is 19.1 Å². The monoisotopic (exact) mass is 344 g/mol. The summed E-state index contributed by atoms with van der Waals surface area (Å²) in [5, 5.41) is 3.28. The highest BCUT2D eigenvalue weighted by Crippen LogP contribution is 2.38. The fraction of sp³-hybridized carbons (Fsp3) is 0.278. The number of carbonyl (C=O) groups excluding carboxylic acids is 1. The number of para-hydroxylation sites is 1. The largest absolute Gasteiger partial charge is 0.497 e. The third kappa shape index (κ3) is 3.28. The van der Waals surface area contributed by atoms with Gasteiger partial charge in [0.05, 0.1) is 25.6 Å². The first kappa shape index (κ1) is 16.5. The minimum Gasteiger partial charge on any atom is -0.497 e. The van der Waals surface area contributed by atoms with Gasteiger partial charge in [0, 0.05) is 22.8 Å². The van der Waals surface area contributed by atoms with E-state index in [1.807, 2.05) is 24.3 Å². The number of fused-ring (bicyclic) bond motifs is 1. The smallest absolute Gasteiger partial charge is 0.326 e. The van der Waals surface area contributed by atoms with Crippen molar-refractivity contribution in [1.82, 2.24) is 0 Å². The van der Waals surface area contributed by atoms with Crippen molar-refractivity contribution in [2.75, 3.05) is 31.0 Å². The van der Waals surface area contributed by atoms with Crippen molar-refractivity contribution in [3.8, 4) is 11.5 Å². The number of carbonyl (C=O) groups is 1. The van der Waals surface area contributed by atoms with Crippen LogP contribution < -0.4 is 19.7 Å². The Morgan fingerprint density at radius 1 is 1.21 bits per heavy atom. The average Bonchev–Trinajstić information content (AvgIpc) is 2.61. The molecule has 2 aromatic carbocycles. The summed E-state index contributed by atoms with van der Waals surface area (Å²) in [5.41, 5.74) is 1.55. The molecule has 24 heavy (non-hydrogen) atoms.